The SMILES string of the molecule is O=C(NN=Cc1ccc(O)cc1)c1[nH]ncc1Br. The highest BCUT2D eigenvalue weighted by Crippen LogP contribution is 2.12. The lowest BCUT2D eigenvalue weighted by Gasteiger charge is -1.97. The fourth-order valence-corrected chi connectivity index (χ4v) is 1.58. The van der Waals surface area contributed by atoms with Gasteiger partial charge in [-0.1, -0.05) is 0 Å². The van der Waals surface area contributed by atoms with Crippen LogP contribution in [0.2, 0.25) is 0 Å². The fraction of sp³-hybridized carbons (Fsp3) is 0. The molecular formula is C11H9BrN4O2. The summed E-state index contributed by atoms with van der Waals surface area (Å²) in [4.78, 5) is 11.6. The third-order valence-electron chi connectivity index (χ3n) is 2.09. The zero-order chi connectivity index (χ0) is 13.0. The first kappa shape index (κ1) is 12.3. The Bertz CT molecular complexity index is 577. The topological polar surface area (TPSA) is 90.4 Å². The van der Waals surface area contributed by atoms with Gasteiger partial charge >= 0.3 is 0 Å². The molecule has 3 N–H and O–H groups in total. The molecule has 0 unspecified atom stereocenters. The summed E-state index contributed by atoms with van der Waals surface area (Å²) in [6, 6.07) is 6.43. The second kappa shape index (κ2) is 5.46. The van der Waals surface area contributed by atoms with Crippen LogP contribution in [0.1, 0.15) is 16.1 Å². The van der Waals surface area contributed by atoms with E-state index in [9.17, 15) is 4.79 Å². The number of hydrogen-bond acceptors (Lipinski definition) is 4. The Balaban J connectivity index is 1.98. The number of halogens is 1. The summed E-state index contributed by atoms with van der Waals surface area (Å²) in [6.07, 6.45) is 2.96. The number of hydrogen-bond donors (Lipinski definition) is 3. The van der Waals surface area contributed by atoms with Gasteiger partial charge in [0.2, 0.25) is 0 Å². The van der Waals surface area contributed by atoms with Crippen molar-refractivity contribution in [2.75, 3.05) is 0 Å². The van der Waals surface area contributed by atoms with Crippen molar-refractivity contribution < 1.29 is 9.90 Å². The third kappa shape index (κ3) is 2.95. The van der Waals surface area contributed by atoms with Crippen LogP contribution < -0.4 is 5.43 Å². The van der Waals surface area contributed by atoms with Crippen LogP contribution in [0.4, 0.5) is 0 Å². The number of carbonyl (C=O) groups excluding carboxylic acids is 1. The lowest BCUT2D eigenvalue weighted by atomic mass is 10.2. The van der Waals surface area contributed by atoms with Gasteiger partial charge in [0.15, 0.2) is 0 Å². The molecule has 0 bridgehead atoms. The van der Waals surface area contributed by atoms with Gasteiger partial charge in [0, 0.05) is 0 Å². The van der Waals surface area contributed by atoms with Gasteiger partial charge in [0.1, 0.15) is 11.4 Å². The largest absolute Gasteiger partial charge is 0.508 e. The van der Waals surface area contributed by atoms with Crippen LogP contribution in [0.3, 0.4) is 0 Å². The molecule has 0 fully saturated rings. The monoisotopic (exact) mass is 308 g/mol. The van der Waals surface area contributed by atoms with E-state index in [1.54, 1.807) is 12.1 Å². The van der Waals surface area contributed by atoms with E-state index >= 15 is 0 Å². The number of phenolic OH excluding ortho intramolecular Hbond substituents is 1. The van der Waals surface area contributed by atoms with Crippen molar-refractivity contribution in [3.63, 3.8) is 0 Å². The first-order chi connectivity index (χ1) is 8.66. The van der Waals surface area contributed by atoms with E-state index in [0.717, 1.165) is 5.56 Å². The number of phenols is 1. The zero-order valence-electron chi connectivity index (χ0n) is 9.09. The van der Waals surface area contributed by atoms with E-state index in [-0.39, 0.29) is 5.75 Å². The number of hydrazone groups is 1. The van der Waals surface area contributed by atoms with Crippen LogP contribution >= 0.6 is 15.9 Å². The second-order valence-electron chi connectivity index (χ2n) is 3.38. The Morgan fingerprint density at radius 2 is 2.17 bits per heavy atom. The minimum absolute atomic E-state index is 0.178. The highest BCUT2D eigenvalue weighted by atomic mass is 79.9. The predicted octanol–water partition coefficient (Wildman–Crippen LogP) is 1.64. The molecule has 0 saturated heterocycles. The number of aromatic nitrogens is 2. The van der Waals surface area contributed by atoms with Crippen molar-refractivity contribution in [3.05, 3.63) is 46.2 Å². The van der Waals surface area contributed by atoms with Crippen molar-refractivity contribution in [3.8, 4) is 5.75 Å². The molecule has 1 heterocycles. The van der Waals surface area contributed by atoms with E-state index in [2.05, 4.69) is 36.7 Å². The molecule has 2 rings (SSSR count). The van der Waals surface area contributed by atoms with Crippen molar-refractivity contribution in [1.29, 1.82) is 0 Å². The molecule has 0 aliphatic carbocycles. The average molecular weight is 309 g/mol. The first-order valence-corrected chi connectivity index (χ1v) is 5.77. The summed E-state index contributed by atoms with van der Waals surface area (Å²) in [5.74, 6) is -0.216. The second-order valence-corrected chi connectivity index (χ2v) is 4.24. The number of aromatic hydroxyl groups is 1. The van der Waals surface area contributed by atoms with Gasteiger partial charge in [-0.2, -0.15) is 10.2 Å². The molecule has 0 radical (unpaired) electrons. The van der Waals surface area contributed by atoms with Crippen LogP contribution in [0.15, 0.2) is 40.0 Å². The van der Waals surface area contributed by atoms with Crippen molar-refractivity contribution in [2.45, 2.75) is 0 Å². The maximum absolute atomic E-state index is 11.6. The fourth-order valence-electron chi connectivity index (χ4n) is 1.21. The zero-order valence-corrected chi connectivity index (χ0v) is 10.7. The highest BCUT2D eigenvalue weighted by Gasteiger charge is 2.10. The average Bonchev–Trinajstić information content (AvgIpc) is 2.78. The summed E-state index contributed by atoms with van der Waals surface area (Å²) in [6.45, 7) is 0. The molecule has 1 aromatic heterocycles. The van der Waals surface area contributed by atoms with Crippen LogP contribution in [0, 0.1) is 0 Å². The number of aromatic amines is 1. The smallest absolute Gasteiger partial charge is 0.290 e. The molecule has 0 spiro atoms. The summed E-state index contributed by atoms with van der Waals surface area (Å²) in [5.41, 5.74) is 3.42. The predicted molar refractivity (Wildman–Crippen MR) is 69.5 cm³/mol. The molecule has 0 atom stereocenters. The molecule has 6 nitrogen and oxygen atoms in total. The van der Waals surface area contributed by atoms with Crippen LogP contribution in [-0.2, 0) is 0 Å². The lowest BCUT2D eigenvalue weighted by molar-refractivity contribution is 0.0949. The lowest BCUT2D eigenvalue weighted by Crippen LogP contribution is -2.18. The molecule has 0 saturated carbocycles. The van der Waals surface area contributed by atoms with Crippen molar-refractivity contribution in [2.24, 2.45) is 5.10 Å². The molecule has 18 heavy (non-hydrogen) atoms. The molecule has 0 aliphatic heterocycles. The van der Waals surface area contributed by atoms with E-state index in [1.807, 2.05) is 0 Å². The number of nitrogens with one attached hydrogen (secondary N) is 2. The Hall–Kier alpha value is -2.15. The summed E-state index contributed by atoms with van der Waals surface area (Å²) < 4.78 is 0.569. The number of benzene rings is 1. The van der Waals surface area contributed by atoms with Crippen LogP contribution in [0.5, 0.6) is 5.75 Å². The van der Waals surface area contributed by atoms with E-state index < -0.39 is 5.91 Å². The van der Waals surface area contributed by atoms with E-state index in [0.29, 0.717) is 10.2 Å². The first-order valence-electron chi connectivity index (χ1n) is 4.98. The number of carbonyl (C=O) groups is 1. The molecule has 7 heteroatoms. The van der Waals surface area contributed by atoms with Gasteiger partial charge < -0.3 is 5.11 Å². The van der Waals surface area contributed by atoms with Gasteiger partial charge in [0.05, 0.1) is 16.9 Å². The third-order valence-corrected chi connectivity index (χ3v) is 2.69. The highest BCUT2D eigenvalue weighted by molar-refractivity contribution is 9.10. The summed E-state index contributed by atoms with van der Waals surface area (Å²) >= 11 is 3.18. The maximum Gasteiger partial charge on any atom is 0.290 e. The molecule has 92 valence electrons. The van der Waals surface area contributed by atoms with Gasteiger partial charge in [-0.05, 0) is 45.8 Å². The normalized spacial score (nSPS) is 10.7. The van der Waals surface area contributed by atoms with Crippen LogP contribution in [-0.4, -0.2) is 27.4 Å². The van der Waals surface area contributed by atoms with Crippen LogP contribution in [0.25, 0.3) is 0 Å². The minimum atomic E-state index is -0.394. The van der Waals surface area contributed by atoms with Crippen molar-refractivity contribution in [1.82, 2.24) is 15.6 Å². The van der Waals surface area contributed by atoms with Gasteiger partial charge in [-0.25, -0.2) is 5.43 Å². The maximum atomic E-state index is 11.6. The van der Waals surface area contributed by atoms with E-state index in [1.165, 1.54) is 24.5 Å². The van der Waals surface area contributed by atoms with Gasteiger partial charge in [-0.3, -0.25) is 9.89 Å². The Kier molecular flexibility index (Phi) is 3.73. The van der Waals surface area contributed by atoms with Gasteiger partial charge in [0.25, 0.3) is 5.91 Å². The minimum Gasteiger partial charge on any atom is -0.508 e. The van der Waals surface area contributed by atoms with Gasteiger partial charge in [-0.15, -0.1) is 0 Å². The van der Waals surface area contributed by atoms with Crippen molar-refractivity contribution >= 4 is 28.1 Å². The molecular weight excluding hydrogens is 300 g/mol. The number of rotatable bonds is 3. The molecule has 1 aromatic carbocycles. The molecule has 0 aliphatic rings. The molecule has 1 amide bonds. The Labute approximate surface area is 111 Å². The Morgan fingerprint density at radius 1 is 1.44 bits per heavy atom. The molecule has 2 aromatic rings. The number of H-pyrrole nitrogens is 1. The number of amides is 1. The quantitative estimate of drug-likeness (QED) is 0.595. The standard InChI is InChI=1S/C11H9BrN4O2/c12-9-6-14-15-10(9)11(18)16-13-5-7-1-3-8(17)4-2-7/h1-6,17H,(H,14,15)(H,16,18). The Morgan fingerprint density at radius 3 is 2.78 bits per heavy atom. The number of nitrogens with zero attached hydrogens (tertiary/aromatic N) is 2. The summed E-state index contributed by atoms with van der Waals surface area (Å²) in [7, 11) is 0. The van der Waals surface area contributed by atoms with E-state index in [4.69, 9.17) is 5.11 Å². The summed E-state index contributed by atoms with van der Waals surface area (Å²) in [5, 5.41) is 19.1.